The minimum atomic E-state index is -3.07. The summed E-state index contributed by atoms with van der Waals surface area (Å²) in [5.41, 5.74) is 0. The summed E-state index contributed by atoms with van der Waals surface area (Å²) in [7, 11) is -3.07. The molecule has 0 spiro atoms. The number of carbonyl (C=O) groups excluding carboxylic acids is 1. The van der Waals surface area contributed by atoms with Crippen molar-refractivity contribution >= 4 is 27.1 Å². The van der Waals surface area contributed by atoms with Crippen molar-refractivity contribution in [3.63, 3.8) is 0 Å². The van der Waals surface area contributed by atoms with E-state index < -0.39 is 9.84 Å². The van der Waals surface area contributed by atoms with Crippen LogP contribution < -0.4 is 0 Å². The normalized spacial score (nSPS) is 30.9. The molecular formula is C15H21N3O3S2. The van der Waals surface area contributed by atoms with Crippen LogP contribution in [0.5, 0.6) is 0 Å². The lowest BCUT2D eigenvalue weighted by Crippen LogP contribution is -2.61. The van der Waals surface area contributed by atoms with Crippen molar-refractivity contribution in [2.24, 2.45) is 5.92 Å². The predicted octanol–water partition coefficient (Wildman–Crippen LogP) is 0.753. The number of nitrogens with zero attached hydrogens (tertiary/aromatic N) is 3. The summed E-state index contributed by atoms with van der Waals surface area (Å²) < 4.78 is 24.4. The second kappa shape index (κ2) is 5.82. The summed E-state index contributed by atoms with van der Waals surface area (Å²) in [6, 6.07) is -0.261. The molecule has 2 saturated heterocycles. The lowest BCUT2D eigenvalue weighted by molar-refractivity contribution is -0.144. The first kappa shape index (κ1) is 15.5. The smallest absolute Gasteiger partial charge is 0.226 e. The van der Waals surface area contributed by atoms with Crippen molar-refractivity contribution < 1.29 is 13.2 Å². The molecule has 6 nitrogen and oxygen atoms in total. The molecule has 4 rings (SSSR count). The van der Waals surface area contributed by atoms with E-state index in [-0.39, 0.29) is 35.4 Å². The summed E-state index contributed by atoms with van der Waals surface area (Å²) in [5.74, 6) is 0.587. The molecule has 126 valence electrons. The zero-order valence-electron chi connectivity index (χ0n) is 12.9. The molecule has 3 heterocycles. The summed E-state index contributed by atoms with van der Waals surface area (Å²) in [5, 5.41) is 2.95. The van der Waals surface area contributed by atoms with Gasteiger partial charge in [-0.15, -0.1) is 11.3 Å². The van der Waals surface area contributed by atoms with E-state index >= 15 is 0 Å². The Labute approximate surface area is 140 Å². The third kappa shape index (κ3) is 2.92. The topological polar surface area (TPSA) is 70.6 Å². The highest BCUT2D eigenvalue weighted by Crippen LogP contribution is 2.34. The van der Waals surface area contributed by atoms with Gasteiger partial charge in [-0.1, -0.05) is 6.42 Å². The highest BCUT2D eigenvalue weighted by Gasteiger charge is 2.49. The van der Waals surface area contributed by atoms with Gasteiger partial charge in [0.1, 0.15) is 5.01 Å². The molecule has 1 aromatic heterocycles. The van der Waals surface area contributed by atoms with Crippen LogP contribution in [-0.4, -0.2) is 65.8 Å². The van der Waals surface area contributed by atoms with E-state index in [2.05, 4.69) is 9.88 Å². The number of hydrogen-bond donors (Lipinski definition) is 0. The van der Waals surface area contributed by atoms with Gasteiger partial charge in [0.25, 0.3) is 0 Å². The number of amides is 1. The molecule has 1 amide bonds. The van der Waals surface area contributed by atoms with Crippen molar-refractivity contribution in [2.45, 2.75) is 37.9 Å². The Morgan fingerprint density at radius 1 is 1.26 bits per heavy atom. The van der Waals surface area contributed by atoms with Crippen LogP contribution in [0.25, 0.3) is 0 Å². The molecule has 1 aliphatic carbocycles. The maximum atomic E-state index is 12.7. The molecule has 23 heavy (non-hydrogen) atoms. The number of piperazine rings is 1. The molecule has 3 fully saturated rings. The molecule has 0 N–H and O–H groups in total. The van der Waals surface area contributed by atoms with E-state index in [1.54, 1.807) is 17.5 Å². The maximum Gasteiger partial charge on any atom is 0.226 e. The predicted molar refractivity (Wildman–Crippen MR) is 87.8 cm³/mol. The maximum absolute atomic E-state index is 12.7. The zero-order valence-corrected chi connectivity index (χ0v) is 14.6. The Bertz CT molecular complexity index is 685. The molecule has 0 aromatic carbocycles. The van der Waals surface area contributed by atoms with Gasteiger partial charge in [0.15, 0.2) is 9.84 Å². The Kier molecular flexibility index (Phi) is 3.93. The quantitative estimate of drug-likeness (QED) is 0.800. The summed E-state index contributed by atoms with van der Waals surface area (Å²) >= 11 is 1.59. The van der Waals surface area contributed by atoms with E-state index in [1.165, 1.54) is 0 Å². The van der Waals surface area contributed by atoms with Crippen molar-refractivity contribution in [2.75, 3.05) is 24.6 Å². The van der Waals surface area contributed by atoms with Crippen molar-refractivity contribution in [1.82, 2.24) is 14.8 Å². The average molecular weight is 355 g/mol. The van der Waals surface area contributed by atoms with E-state index in [1.807, 2.05) is 10.3 Å². The van der Waals surface area contributed by atoms with E-state index in [9.17, 15) is 13.2 Å². The first-order valence-corrected chi connectivity index (χ1v) is 10.9. The number of thiazole rings is 1. The Morgan fingerprint density at radius 3 is 2.70 bits per heavy atom. The molecular weight excluding hydrogens is 334 g/mol. The average Bonchev–Trinajstić information content (AvgIpc) is 3.03. The Hall–Kier alpha value is -0.990. The SMILES string of the molecule is O=C(C1CCC1)N1CCN(Cc2nccs2)[C@H]2CS(=O)(=O)C[C@H]21. The fourth-order valence-corrected chi connectivity index (χ4v) is 6.54. The van der Waals surface area contributed by atoms with Gasteiger partial charge in [-0.25, -0.2) is 13.4 Å². The summed E-state index contributed by atoms with van der Waals surface area (Å²) in [6.45, 7) is 2.05. The zero-order chi connectivity index (χ0) is 16.0. The Balaban J connectivity index is 1.55. The minimum Gasteiger partial charge on any atom is -0.336 e. The Morgan fingerprint density at radius 2 is 2.04 bits per heavy atom. The molecule has 3 aliphatic rings. The van der Waals surface area contributed by atoms with Crippen molar-refractivity contribution in [3.05, 3.63) is 16.6 Å². The van der Waals surface area contributed by atoms with Gasteiger partial charge in [-0.3, -0.25) is 9.69 Å². The number of sulfone groups is 1. The van der Waals surface area contributed by atoms with E-state index in [0.29, 0.717) is 13.1 Å². The van der Waals surface area contributed by atoms with Gasteiger partial charge in [0.05, 0.1) is 24.1 Å². The second-order valence-electron chi connectivity index (χ2n) is 6.77. The number of aromatic nitrogens is 1. The fraction of sp³-hybridized carbons (Fsp3) is 0.733. The second-order valence-corrected chi connectivity index (χ2v) is 9.90. The highest BCUT2D eigenvalue weighted by atomic mass is 32.2. The van der Waals surface area contributed by atoms with Crippen LogP contribution in [0.3, 0.4) is 0 Å². The molecule has 0 unspecified atom stereocenters. The molecule has 1 aromatic rings. The fourth-order valence-electron chi connectivity index (χ4n) is 3.89. The molecule has 0 bridgehead atoms. The molecule has 8 heteroatoms. The van der Waals surface area contributed by atoms with Crippen molar-refractivity contribution in [1.29, 1.82) is 0 Å². The highest BCUT2D eigenvalue weighted by molar-refractivity contribution is 7.91. The van der Waals surface area contributed by atoms with Gasteiger partial charge < -0.3 is 4.90 Å². The third-order valence-electron chi connectivity index (χ3n) is 5.35. The van der Waals surface area contributed by atoms with Gasteiger partial charge in [0, 0.05) is 36.6 Å². The summed E-state index contributed by atoms with van der Waals surface area (Å²) in [6.07, 6.45) is 4.82. The molecule has 0 radical (unpaired) electrons. The van der Waals surface area contributed by atoms with Crippen LogP contribution in [0.2, 0.25) is 0 Å². The third-order valence-corrected chi connectivity index (χ3v) is 7.81. The van der Waals surface area contributed by atoms with Crippen LogP contribution >= 0.6 is 11.3 Å². The molecule has 2 aliphatic heterocycles. The van der Waals surface area contributed by atoms with Crippen LogP contribution in [-0.2, 0) is 21.2 Å². The van der Waals surface area contributed by atoms with Crippen LogP contribution in [0.1, 0.15) is 24.3 Å². The first-order valence-electron chi connectivity index (χ1n) is 8.17. The number of fused-ring (bicyclic) bond motifs is 1. The van der Waals surface area contributed by atoms with Crippen molar-refractivity contribution in [3.8, 4) is 0 Å². The lowest BCUT2D eigenvalue weighted by Gasteiger charge is -2.45. The van der Waals surface area contributed by atoms with Gasteiger partial charge in [-0.05, 0) is 12.8 Å². The number of carbonyl (C=O) groups is 1. The molecule has 2 atom stereocenters. The number of hydrogen-bond acceptors (Lipinski definition) is 6. The van der Waals surface area contributed by atoms with E-state index in [0.717, 1.165) is 30.8 Å². The monoisotopic (exact) mass is 355 g/mol. The van der Waals surface area contributed by atoms with Gasteiger partial charge in [-0.2, -0.15) is 0 Å². The first-order chi connectivity index (χ1) is 11.0. The molecule has 1 saturated carbocycles. The standard InChI is InChI=1S/C15H21N3O3S2/c19-15(11-2-1-3-11)18-6-5-17(8-14-16-4-7-22-14)12-9-23(20,21)10-13(12)18/h4,7,11-13H,1-3,5-6,8-10H2/t12-,13+/m0/s1. The van der Waals surface area contributed by atoms with Gasteiger partial charge >= 0.3 is 0 Å². The van der Waals surface area contributed by atoms with Crippen LogP contribution in [0.4, 0.5) is 0 Å². The van der Waals surface area contributed by atoms with Gasteiger partial charge in [0.2, 0.25) is 5.91 Å². The largest absolute Gasteiger partial charge is 0.336 e. The minimum absolute atomic E-state index is 0.0818. The lowest BCUT2D eigenvalue weighted by atomic mass is 9.83. The summed E-state index contributed by atoms with van der Waals surface area (Å²) in [4.78, 5) is 21.1. The number of rotatable bonds is 3. The van der Waals surface area contributed by atoms with E-state index in [4.69, 9.17) is 0 Å². The van der Waals surface area contributed by atoms with Crippen LogP contribution in [0, 0.1) is 5.92 Å². The van der Waals surface area contributed by atoms with Crippen LogP contribution in [0.15, 0.2) is 11.6 Å².